The van der Waals surface area contributed by atoms with Crippen LogP contribution in [0.15, 0.2) is 66.0 Å². The molecule has 23 heavy (non-hydrogen) atoms. The second-order valence-corrected chi connectivity index (χ2v) is 6.28. The summed E-state index contributed by atoms with van der Waals surface area (Å²) in [6, 6.07) is 18.6. The van der Waals surface area contributed by atoms with E-state index in [1.807, 2.05) is 30.3 Å². The zero-order chi connectivity index (χ0) is 15.9. The SMILES string of the molecule is Fc1cccc(COc2ccc(CNCc3cccs3)cc2)c1. The first-order chi connectivity index (χ1) is 11.3. The molecule has 0 aliphatic carbocycles. The largest absolute Gasteiger partial charge is 0.489 e. The van der Waals surface area contributed by atoms with Gasteiger partial charge in [-0.2, -0.15) is 0 Å². The molecule has 0 saturated carbocycles. The Balaban J connectivity index is 1.47. The Morgan fingerprint density at radius 2 is 1.78 bits per heavy atom. The minimum Gasteiger partial charge on any atom is -0.489 e. The summed E-state index contributed by atoms with van der Waals surface area (Å²) in [6.07, 6.45) is 0. The normalized spacial score (nSPS) is 10.7. The van der Waals surface area contributed by atoms with Crippen molar-refractivity contribution in [3.05, 3.63) is 87.9 Å². The highest BCUT2D eigenvalue weighted by Crippen LogP contribution is 2.15. The molecule has 4 heteroatoms. The summed E-state index contributed by atoms with van der Waals surface area (Å²) in [5.41, 5.74) is 2.03. The van der Waals surface area contributed by atoms with Crippen molar-refractivity contribution in [1.29, 1.82) is 0 Å². The van der Waals surface area contributed by atoms with Gasteiger partial charge in [0.25, 0.3) is 0 Å². The van der Waals surface area contributed by atoms with E-state index in [4.69, 9.17) is 4.74 Å². The third-order valence-electron chi connectivity index (χ3n) is 3.43. The van der Waals surface area contributed by atoms with Crippen LogP contribution >= 0.6 is 11.3 Å². The maximum atomic E-state index is 13.1. The summed E-state index contributed by atoms with van der Waals surface area (Å²) in [5.74, 6) is 0.550. The molecule has 0 aliphatic rings. The van der Waals surface area contributed by atoms with Crippen LogP contribution in [-0.2, 0) is 19.7 Å². The van der Waals surface area contributed by atoms with Crippen LogP contribution < -0.4 is 10.1 Å². The number of benzene rings is 2. The Bertz CT molecular complexity index is 725. The lowest BCUT2D eigenvalue weighted by Gasteiger charge is -2.08. The Kier molecular flexibility index (Phi) is 5.40. The van der Waals surface area contributed by atoms with E-state index in [2.05, 4.69) is 22.8 Å². The van der Waals surface area contributed by atoms with E-state index in [0.29, 0.717) is 6.61 Å². The topological polar surface area (TPSA) is 21.3 Å². The highest BCUT2D eigenvalue weighted by atomic mass is 32.1. The molecule has 0 fully saturated rings. The van der Waals surface area contributed by atoms with Gasteiger partial charge in [0.15, 0.2) is 0 Å². The lowest BCUT2D eigenvalue weighted by molar-refractivity contribution is 0.305. The van der Waals surface area contributed by atoms with E-state index in [1.165, 1.54) is 22.6 Å². The monoisotopic (exact) mass is 327 g/mol. The van der Waals surface area contributed by atoms with Gasteiger partial charge in [-0.15, -0.1) is 11.3 Å². The summed E-state index contributed by atoms with van der Waals surface area (Å²) in [5, 5.41) is 5.50. The molecule has 0 saturated heterocycles. The summed E-state index contributed by atoms with van der Waals surface area (Å²) in [6.45, 7) is 2.07. The van der Waals surface area contributed by atoms with E-state index >= 15 is 0 Å². The van der Waals surface area contributed by atoms with Crippen LogP contribution in [0.3, 0.4) is 0 Å². The van der Waals surface area contributed by atoms with Crippen LogP contribution in [0.25, 0.3) is 0 Å². The van der Waals surface area contributed by atoms with Crippen molar-refractivity contribution in [3.63, 3.8) is 0 Å². The summed E-state index contributed by atoms with van der Waals surface area (Å²) < 4.78 is 18.8. The molecular formula is C19H18FNOS. The van der Waals surface area contributed by atoms with E-state index < -0.39 is 0 Å². The molecule has 0 bridgehead atoms. The van der Waals surface area contributed by atoms with Crippen LogP contribution in [0, 0.1) is 5.82 Å². The van der Waals surface area contributed by atoms with Crippen molar-refractivity contribution in [3.8, 4) is 5.75 Å². The van der Waals surface area contributed by atoms with Crippen molar-refractivity contribution in [1.82, 2.24) is 5.32 Å². The Hall–Kier alpha value is -2.17. The highest BCUT2D eigenvalue weighted by Gasteiger charge is 1.99. The molecule has 0 aliphatic heterocycles. The van der Waals surface area contributed by atoms with Crippen LogP contribution in [0.5, 0.6) is 5.75 Å². The zero-order valence-electron chi connectivity index (χ0n) is 12.7. The maximum Gasteiger partial charge on any atom is 0.123 e. The van der Waals surface area contributed by atoms with Crippen LogP contribution in [0.1, 0.15) is 16.0 Å². The highest BCUT2D eigenvalue weighted by molar-refractivity contribution is 7.09. The molecule has 1 heterocycles. The van der Waals surface area contributed by atoms with Crippen molar-refractivity contribution in [2.75, 3.05) is 0 Å². The molecule has 0 atom stereocenters. The molecule has 3 rings (SSSR count). The minimum atomic E-state index is -0.238. The molecule has 0 unspecified atom stereocenters. The fraction of sp³-hybridized carbons (Fsp3) is 0.158. The molecule has 3 aromatic rings. The first kappa shape index (κ1) is 15.7. The fourth-order valence-electron chi connectivity index (χ4n) is 2.24. The number of rotatable bonds is 7. The van der Waals surface area contributed by atoms with Gasteiger partial charge >= 0.3 is 0 Å². The standard InChI is InChI=1S/C19H18FNOS/c20-17-4-1-3-16(11-17)14-22-18-8-6-15(7-9-18)12-21-13-19-5-2-10-23-19/h1-11,21H,12-14H2. The van der Waals surface area contributed by atoms with E-state index in [1.54, 1.807) is 17.4 Å². The number of hydrogen-bond donors (Lipinski definition) is 1. The molecule has 0 radical (unpaired) electrons. The number of ether oxygens (including phenoxy) is 1. The number of halogens is 1. The van der Waals surface area contributed by atoms with Crippen LogP contribution in [0.2, 0.25) is 0 Å². The van der Waals surface area contributed by atoms with E-state index in [-0.39, 0.29) is 5.82 Å². The van der Waals surface area contributed by atoms with Gasteiger partial charge in [-0.25, -0.2) is 4.39 Å². The van der Waals surface area contributed by atoms with Gasteiger partial charge in [0, 0.05) is 18.0 Å². The van der Waals surface area contributed by atoms with Crippen molar-refractivity contribution >= 4 is 11.3 Å². The summed E-state index contributed by atoms with van der Waals surface area (Å²) >= 11 is 1.76. The third kappa shape index (κ3) is 4.91. The second kappa shape index (κ2) is 7.90. The predicted octanol–water partition coefficient (Wildman–Crippen LogP) is 4.76. The van der Waals surface area contributed by atoms with E-state index in [0.717, 1.165) is 24.4 Å². The van der Waals surface area contributed by atoms with Gasteiger partial charge in [0.05, 0.1) is 0 Å². The lowest BCUT2D eigenvalue weighted by Crippen LogP contribution is -2.11. The first-order valence-electron chi connectivity index (χ1n) is 7.49. The van der Waals surface area contributed by atoms with Crippen LogP contribution in [0.4, 0.5) is 4.39 Å². The summed E-state index contributed by atoms with van der Waals surface area (Å²) in [4.78, 5) is 1.33. The molecular weight excluding hydrogens is 309 g/mol. The fourth-order valence-corrected chi connectivity index (χ4v) is 2.91. The van der Waals surface area contributed by atoms with Crippen molar-refractivity contribution < 1.29 is 9.13 Å². The first-order valence-corrected chi connectivity index (χ1v) is 8.37. The number of nitrogens with one attached hydrogen (secondary N) is 1. The van der Waals surface area contributed by atoms with Gasteiger partial charge in [0.1, 0.15) is 18.2 Å². The third-order valence-corrected chi connectivity index (χ3v) is 4.30. The molecule has 0 spiro atoms. The average molecular weight is 327 g/mol. The van der Waals surface area contributed by atoms with Crippen LogP contribution in [-0.4, -0.2) is 0 Å². The van der Waals surface area contributed by atoms with Gasteiger partial charge in [-0.1, -0.05) is 30.3 Å². The van der Waals surface area contributed by atoms with Crippen molar-refractivity contribution in [2.45, 2.75) is 19.7 Å². The minimum absolute atomic E-state index is 0.238. The Morgan fingerprint density at radius 1 is 0.913 bits per heavy atom. The maximum absolute atomic E-state index is 13.1. The predicted molar refractivity (Wildman–Crippen MR) is 92.0 cm³/mol. The molecule has 2 nitrogen and oxygen atoms in total. The molecule has 0 amide bonds. The smallest absolute Gasteiger partial charge is 0.123 e. The number of thiophene rings is 1. The lowest BCUT2D eigenvalue weighted by atomic mass is 10.2. The van der Waals surface area contributed by atoms with Gasteiger partial charge in [-0.3, -0.25) is 0 Å². The zero-order valence-corrected chi connectivity index (χ0v) is 13.5. The second-order valence-electron chi connectivity index (χ2n) is 5.25. The Labute approximate surface area is 139 Å². The van der Waals surface area contributed by atoms with Gasteiger partial charge in [0.2, 0.25) is 0 Å². The van der Waals surface area contributed by atoms with Gasteiger partial charge < -0.3 is 10.1 Å². The average Bonchev–Trinajstić information content (AvgIpc) is 3.08. The Morgan fingerprint density at radius 3 is 2.52 bits per heavy atom. The quantitative estimate of drug-likeness (QED) is 0.676. The van der Waals surface area contributed by atoms with E-state index in [9.17, 15) is 4.39 Å². The number of hydrogen-bond acceptors (Lipinski definition) is 3. The summed E-state index contributed by atoms with van der Waals surface area (Å²) in [7, 11) is 0. The molecule has 118 valence electrons. The molecule has 2 aromatic carbocycles. The van der Waals surface area contributed by atoms with Crippen molar-refractivity contribution in [2.24, 2.45) is 0 Å². The van der Waals surface area contributed by atoms with Gasteiger partial charge in [-0.05, 0) is 46.8 Å². The molecule has 1 N–H and O–H groups in total. The molecule has 1 aromatic heterocycles.